The number of aromatic nitrogens is 2. The first kappa shape index (κ1) is 12.5. The highest BCUT2D eigenvalue weighted by Gasteiger charge is 2.10. The highest BCUT2D eigenvalue weighted by atomic mass is 16.6. The molecular formula is C10H17N3O3. The summed E-state index contributed by atoms with van der Waals surface area (Å²) in [7, 11) is 0. The van der Waals surface area contributed by atoms with Crippen LogP contribution in [0.1, 0.15) is 13.8 Å². The van der Waals surface area contributed by atoms with Gasteiger partial charge in [0.2, 0.25) is 0 Å². The lowest BCUT2D eigenvalue weighted by Gasteiger charge is -2.12. The number of esters is 1. The van der Waals surface area contributed by atoms with Crippen LogP contribution in [0, 0.1) is 0 Å². The largest absolute Gasteiger partial charge is 0.459 e. The molecule has 2 N–H and O–H groups in total. The molecule has 0 aliphatic rings. The molecule has 0 bridgehead atoms. The Labute approximate surface area is 94.3 Å². The first-order valence-corrected chi connectivity index (χ1v) is 5.18. The van der Waals surface area contributed by atoms with Crippen molar-refractivity contribution in [3.8, 4) is 0 Å². The van der Waals surface area contributed by atoms with Gasteiger partial charge < -0.3 is 15.2 Å². The van der Waals surface area contributed by atoms with E-state index in [4.69, 9.17) is 15.2 Å². The van der Waals surface area contributed by atoms with Crippen molar-refractivity contribution in [1.82, 2.24) is 9.78 Å². The first-order chi connectivity index (χ1) is 7.61. The van der Waals surface area contributed by atoms with E-state index in [0.29, 0.717) is 19.0 Å². The molecule has 90 valence electrons. The number of hydrogen-bond donors (Lipinski definition) is 1. The van der Waals surface area contributed by atoms with Gasteiger partial charge in [0, 0.05) is 12.8 Å². The predicted molar refractivity (Wildman–Crippen MR) is 58.7 cm³/mol. The second-order valence-electron chi connectivity index (χ2n) is 3.40. The summed E-state index contributed by atoms with van der Waals surface area (Å²) in [4.78, 5) is 11.4. The predicted octanol–water partition coefficient (Wildman–Crippen LogP) is 0.433. The van der Waals surface area contributed by atoms with Crippen LogP contribution in [0.4, 0.5) is 5.82 Å². The molecular weight excluding hydrogens is 210 g/mol. The van der Waals surface area contributed by atoms with E-state index in [1.807, 2.05) is 6.92 Å². The Kier molecular flexibility index (Phi) is 4.78. The molecule has 0 spiro atoms. The topological polar surface area (TPSA) is 79.4 Å². The van der Waals surface area contributed by atoms with Gasteiger partial charge in [-0.1, -0.05) is 0 Å². The van der Waals surface area contributed by atoms with Crippen molar-refractivity contribution in [3.05, 3.63) is 12.3 Å². The number of ether oxygens (including phenoxy) is 2. The van der Waals surface area contributed by atoms with Crippen LogP contribution in [0.3, 0.4) is 0 Å². The number of hydrogen-bond acceptors (Lipinski definition) is 5. The number of nitrogens with two attached hydrogens (primary N) is 1. The standard InChI is InChI=1S/C10H17N3O3/c1-3-15-7-8(2)16-10(14)6-13-5-4-9(11)12-13/h4-5,8H,3,6-7H2,1-2H3,(H2,11,12). The van der Waals surface area contributed by atoms with E-state index in [1.54, 1.807) is 19.2 Å². The van der Waals surface area contributed by atoms with Crippen LogP contribution in [0.2, 0.25) is 0 Å². The third-order valence-electron chi connectivity index (χ3n) is 1.84. The highest BCUT2D eigenvalue weighted by molar-refractivity contribution is 5.69. The fraction of sp³-hybridized carbons (Fsp3) is 0.600. The number of nitrogen functional groups attached to an aromatic ring is 1. The molecule has 0 fully saturated rings. The molecule has 1 atom stereocenters. The second-order valence-corrected chi connectivity index (χ2v) is 3.40. The summed E-state index contributed by atoms with van der Waals surface area (Å²) in [5, 5.41) is 3.88. The van der Waals surface area contributed by atoms with Crippen molar-refractivity contribution in [3.63, 3.8) is 0 Å². The van der Waals surface area contributed by atoms with Crippen LogP contribution in [0.25, 0.3) is 0 Å². The van der Waals surface area contributed by atoms with E-state index in [2.05, 4.69) is 5.10 Å². The van der Waals surface area contributed by atoms with Gasteiger partial charge in [0.25, 0.3) is 0 Å². The maximum Gasteiger partial charge on any atom is 0.328 e. The monoisotopic (exact) mass is 227 g/mol. The van der Waals surface area contributed by atoms with Crippen molar-refractivity contribution in [2.45, 2.75) is 26.5 Å². The zero-order valence-corrected chi connectivity index (χ0v) is 9.55. The van der Waals surface area contributed by atoms with Crippen molar-refractivity contribution in [2.24, 2.45) is 0 Å². The third kappa shape index (κ3) is 4.31. The molecule has 0 aliphatic heterocycles. The molecule has 1 aromatic rings. The summed E-state index contributed by atoms with van der Waals surface area (Å²) in [5.74, 6) is 0.0328. The lowest BCUT2D eigenvalue weighted by Crippen LogP contribution is -2.23. The van der Waals surface area contributed by atoms with E-state index < -0.39 is 0 Å². The maximum absolute atomic E-state index is 11.4. The van der Waals surface area contributed by atoms with E-state index in [-0.39, 0.29) is 18.6 Å². The maximum atomic E-state index is 11.4. The van der Waals surface area contributed by atoms with Crippen LogP contribution in [-0.2, 0) is 20.8 Å². The molecule has 1 heterocycles. The van der Waals surface area contributed by atoms with E-state index in [1.165, 1.54) is 4.68 Å². The second kappa shape index (κ2) is 6.12. The van der Waals surface area contributed by atoms with Gasteiger partial charge in [-0.25, -0.2) is 0 Å². The fourth-order valence-corrected chi connectivity index (χ4v) is 1.18. The molecule has 6 nitrogen and oxygen atoms in total. The summed E-state index contributed by atoms with van der Waals surface area (Å²) >= 11 is 0. The molecule has 0 radical (unpaired) electrons. The molecule has 1 rings (SSSR count). The van der Waals surface area contributed by atoms with Gasteiger partial charge in [0.1, 0.15) is 18.5 Å². The highest BCUT2D eigenvalue weighted by Crippen LogP contribution is 1.98. The number of carbonyl (C=O) groups excluding carboxylic acids is 1. The van der Waals surface area contributed by atoms with Gasteiger partial charge in [0.15, 0.2) is 0 Å². The molecule has 6 heteroatoms. The van der Waals surface area contributed by atoms with E-state index >= 15 is 0 Å². The summed E-state index contributed by atoms with van der Waals surface area (Å²) in [6.45, 7) is 4.75. The van der Waals surface area contributed by atoms with Gasteiger partial charge in [-0.15, -0.1) is 0 Å². The molecule has 1 unspecified atom stereocenters. The summed E-state index contributed by atoms with van der Waals surface area (Å²) in [6.07, 6.45) is 1.38. The van der Waals surface area contributed by atoms with Crippen molar-refractivity contribution < 1.29 is 14.3 Å². The Balaban J connectivity index is 2.30. The Hall–Kier alpha value is -1.56. The van der Waals surface area contributed by atoms with Crippen LogP contribution in [0.5, 0.6) is 0 Å². The van der Waals surface area contributed by atoms with Crippen molar-refractivity contribution in [2.75, 3.05) is 18.9 Å². The zero-order valence-electron chi connectivity index (χ0n) is 9.55. The normalized spacial score (nSPS) is 12.4. The Bertz CT molecular complexity index is 338. The van der Waals surface area contributed by atoms with Crippen LogP contribution >= 0.6 is 0 Å². The van der Waals surface area contributed by atoms with Gasteiger partial charge in [-0.3, -0.25) is 9.48 Å². The minimum absolute atomic E-state index is 0.0632. The summed E-state index contributed by atoms with van der Waals surface area (Å²) in [6, 6.07) is 1.62. The number of rotatable bonds is 6. The Morgan fingerprint density at radius 2 is 2.44 bits per heavy atom. The van der Waals surface area contributed by atoms with Gasteiger partial charge in [-0.05, 0) is 19.9 Å². The smallest absolute Gasteiger partial charge is 0.328 e. The number of anilines is 1. The van der Waals surface area contributed by atoms with E-state index in [9.17, 15) is 4.79 Å². The Morgan fingerprint density at radius 3 is 3.00 bits per heavy atom. The average molecular weight is 227 g/mol. The lowest BCUT2D eigenvalue weighted by molar-refractivity contribution is -0.151. The van der Waals surface area contributed by atoms with Crippen molar-refractivity contribution in [1.29, 1.82) is 0 Å². The summed E-state index contributed by atoms with van der Waals surface area (Å²) < 4.78 is 11.7. The average Bonchev–Trinajstić information content (AvgIpc) is 2.60. The molecule has 0 saturated carbocycles. The van der Waals surface area contributed by atoms with Gasteiger partial charge in [0.05, 0.1) is 6.61 Å². The van der Waals surface area contributed by atoms with Crippen molar-refractivity contribution >= 4 is 11.8 Å². The summed E-state index contributed by atoms with van der Waals surface area (Å²) in [5.41, 5.74) is 5.42. The molecule has 0 aliphatic carbocycles. The molecule has 1 aromatic heterocycles. The Morgan fingerprint density at radius 1 is 1.69 bits per heavy atom. The fourth-order valence-electron chi connectivity index (χ4n) is 1.18. The zero-order chi connectivity index (χ0) is 12.0. The minimum Gasteiger partial charge on any atom is -0.459 e. The van der Waals surface area contributed by atoms with Crippen LogP contribution < -0.4 is 5.73 Å². The molecule has 0 saturated heterocycles. The van der Waals surface area contributed by atoms with Crippen LogP contribution in [0.15, 0.2) is 12.3 Å². The molecule has 0 amide bonds. The minimum atomic E-state index is -0.352. The first-order valence-electron chi connectivity index (χ1n) is 5.18. The molecule has 0 aromatic carbocycles. The van der Waals surface area contributed by atoms with Gasteiger partial charge >= 0.3 is 5.97 Å². The van der Waals surface area contributed by atoms with Gasteiger partial charge in [-0.2, -0.15) is 5.10 Å². The number of nitrogens with zero attached hydrogens (tertiary/aromatic N) is 2. The SMILES string of the molecule is CCOCC(C)OC(=O)Cn1ccc(N)n1. The third-order valence-corrected chi connectivity index (χ3v) is 1.84. The lowest BCUT2D eigenvalue weighted by atomic mass is 10.4. The number of carbonyl (C=O) groups is 1. The quantitative estimate of drug-likeness (QED) is 0.713. The van der Waals surface area contributed by atoms with E-state index in [0.717, 1.165) is 0 Å². The molecule has 16 heavy (non-hydrogen) atoms. The van der Waals surface area contributed by atoms with Crippen LogP contribution in [-0.4, -0.2) is 35.1 Å².